The molecule has 0 heterocycles. The lowest BCUT2D eigenvalue weighted by molar-refractivity contribution is -0.150. The Labute approximate surface area is 120 Å². The summed E-state index contributed by atoms with van der Waals surface area (Å²) >= 11 is 0. The molecule has 0 aliphatic heterocycles. The van der Waals surface area contributed by atoms with E-state index in [0.717, 1.165) is 32.1 Å². The summed E-state index contributed by atoms with van der Waals surface area (Å²) in [5.41, 5.74) is 4.63. The van der Waals surface area contributed by atoms with Crippen LogP contribution in [-0.4, -0.2) is 29.1 Å². The molecule has 0 spiro atoms. The van der Waals surface area contributed by atoms with Crippen LogP contribution >= 0.6 is 0 Å². The molecule has 5 nitrogen and oxygen atoms in total. The van der Waals surface area contributed by atoms with Gasteiger partial charge in [-0.15, -0.1) is 0 Å². The Bertz CT molecular complexity index is 377. The van der Waals surface area contributed by atoms with Crippen LogP contribution in [0.4, 0.5) is 0 Å². The van der Waals surface area contributed by atoms with Crippen LogP contribution in [-0.2, 0) is 9.59 Å². The number of aliphatic carboxylic acids is 1. The second kappa shape index (κ2) is 5.72. The van der Waals surface area contributed by atoms with Gasteiger partial charge in [-0.1, -0.05) is 13.3 Å². The van der Waals surface area contributed by atoms with Gasteiger partial charge in [-0.25, -0.2) is 4.79 Å². The number of carbonyl (C=O) groups excluding carboxylic acids is 1. The van der Waals surface area contributed by atoms with Gasteiger partial charge in [0.1, 0.15) is 5.54 Å². The second-order valence-electron chi connectivity index (χ2n) is 6.85. The van der Waals surface area contributed by atoms with Crippen LogP contribution in [0.15, 0.2) is 0 Å². The number of carboxylic acid groups (broad SMARTS) is 1. The molecule has 0 aromatic heterocycles. The maximum absolute atomic E-state index is 12.2. The maximum atomic E-state index is 12.2. The molecular weight excluding hydrogens is 256 g/mol. The predicted molar refractivity (Wildman–Crippen MR) is 76.1 cm³/mol. The van der Waals surface area contributed by atoms with E-state index in [1.807, 2.05) is 0 Å². The smallest absolute Gasteiger partial charge is 0.329 e. The van der Waals surface area contributed by atoms with E-state index >= 15 is 0 Å². The summed E-state index contributed by atoms with van der Waals surface area (Å²) in [4.78, 5) is 23.8. The minimum Gasteiger partial charge on any atom is -0.480 e. The van der Waals surface area contributed by atoms with E-state index in [2.05, 4.69) is 12.2 Å². The molecule has 2 rings (SSSR count). The van der Waals surface area contributed by atoms with Crippen molar-refractivity contribution in [1.82, 2.24) is 5.32 Å². The molecule has 1 amide bonds. The van der Waals surface area contributed by atoms with E-state index < -0.39 is 11.5 Å². The Morgan fingerprint density at radius 2 is 1.85 bits per heavy atom. The number of amides is 1. The van der Waals surface area contributed by atoms with E-state index in [-0.39, 0.29) is 11.3 Å². The highest BCUT2D eigenvalue weighted by atomic mass is 16.4. The predicted octanol–water partition coefficient (Wildman–Crippen LogP) is 1.66. The summed E-state index contributed by atoms with van der Waals surface area (Å²) in [7, 11) is 0. The summed E-state index contributed by atoms with van der Waals surface area (Å²) in [6.07, 6.45) is 6.22. The number of hydrogen-bond acceptors (Lipinski definition) is 3. The van der Waals surface area contributed by atoms with E-state index in [0.29, 0.717) is 31.7 Å². The molecule has 0 saturated heterocycles. The maximum Gasteiger partial charge on any atom is 0.329 e. The summed E-state index contributed by atoms with van der Waals surface area (Å²) in [6.45, 7) is 2.64. The van der Waals surface area contributed by atoms with Crippen molar-refractivity contribution in [3.63, 3.8) is 0 Å². The largest absolute Gasteiger partial charge is 0.480 e. The highest BCUT2D eigenvalue weighted by molar-refractivity contribution is 5.87. The van der Waals surface area contributed by atoms with Crippen LogP contribution in [0.2, 0.25) is 0 Å². The fraction of sp³-hybridized carbons (Fsp3) is 0.867. The fourth-order valence-corrected chi connectivity index (χ4v) is 3.43. The standard InChI is InChI=1S/C15H26N2O3/c1-11-3-7-15(8-4-11,13(19)20)17-12(18)9-14(10-16)5-2-6-14/h11H,2-10,16H2,1H3,(H,17,18)(H,19,20). The summed E-state index contributed by atoms with van der Waals surface area (Å²) in [6, 6.07) is 0. The molecule has 2 aliphatic carbocycles. The van der Waals surface area contributed by atoms with Gasteiger partial charge < -0.3 is 16.2 Å². The van der Waals surface area contributed by atoms with Crippen molar-refractivity contribution >= 4 is 11.9 Å². The van der Waals surface area contributed by atoms with Gasteiger partial charge in [0.05, 0.1) is 0 Å². The van der Waals surface area contributed by atoms with Crippen LogP contribution in [0, 0.1) is 11.3 Å². The SMILES string of the molecule is CC1CCC(NC(=O)CC2(CN)CCC2)(C(=O)O)CC1. The number of nitrogens with two attached hydrogens (primary N) is 1. The molecule has 0 aromatic carbocycles. The molecule has 0 atom stereocenters. The van der Waals surface area contributed by atoms with Crippen LogP contribution in [0.1, 0.15) is 58.3 Å². The average Bonchev–Trinajstić information content (AvgIpc) is 2.36. The average molecular weight is 282 g/mol. The van der Waals surface area contributed by atoms with E-state index in [1.54, 1.807) is 0 Å². The topological polar surface area (TPSA) is 92.4 Å². The van der Waals surface area contributed by atoms with Crippen molar-refractivity contribution in [2.24, 2.45) is 17.1 Å². The van der Waals surface area contributed by atoms with Crippen LogP contribution in [0.25, 0.3) is 0 Å². The number of carbonyl (C=O) groups is 2. The molecule has 2 saturated carbocycles. The lowest BCUT2D eigenvalue weighted by Gasteiger charge is -2.42. The first-order valence-corrected chi connectivity index (χ1v) is 7.66. The third-order valence-electron chi connectivity index (χ3n) is 5.30. The highest BCUT2D eigenvalue weighted by Gasteiger charge is 2.44. The van der Waals surface area contributed by atoms with E-state index in [1.165, 1.54) is 0 Å². The minimum absolute atomic E-state index is 0.0776. The summed E-state index contributed by atoms with van der Waals surface area (Å²) in [5.74, 6) is -0.498. The Balaban J connectivity index is 1.98. The Morgan fingerprint density at radius 1 is 1.25 bits per heavy atom. The first-order chi connectivity index (χ1) is 9.41. The zero-order chi connectivity index (χ0) is 14.8. The van der Waals surface area contributed by atoms with Gasteiger partial charge in [0, 0.05) is 6.42 Å². The second-order valence-corrected chi connectivity index (χ2v) is 6.85. The van der Waals surface area contributed by atoms with Crippen molar-refractivity contribution in [2.45, 2.75) is 63.8 Å². The minimum atomic E-state index is -1.05. The van der Waals surface area contributed by atoms with Gasteiger partial charge in [0.2, 0.25) is 5.91 Å². The first kappa shape index (κ1) is 15.3. The third kappa shape index (κ3) is 2.97. The molecule has 114 valence electrons. The van der Waals surface area contributed by atoms with E-state index in [4.69, 9.17) is 5.73 Å². The zero-order valence-electron chi connectivity index (χ0n) is 12.3. The molecule has 0 radical (unpaired) electrons. The molecule has 2 aliphatic rings. The molecule has 20 heavy (non-hydrogen) atoms. The Morgan fingerprint density at radius 3 is 2.25 bits per heavy atom. The third-order valence-corrected chi connectivity index (χ3v) is 5.30. The zero-order valence-corrected chi connectivity index (χ0v) is 12.3. The number of hydrogen-bond donors (Lipinski definition) is 3. The monoisotopic (exact) mass is 282 g/mol. The number of carboxylic acids is 1. The van der Waals surface area contributed by atoms with Crippen LogP contribution in [0.5, 0.6) is 0 Å². The number of nitrogens with one attached hydrogen (secondary N) is 1. The molecular formula is C15H26N2O3. The molecule has 4 N–H and O–H groups in total. The lowest BCUT2D eigenvalue weighted by Crippen LogP contribution is -2.57. The molecule has 5 heteroatoms. The van der Waals surface area contributed by atoms with E-state index in [9.17, 15) is 14.7 Å². The van der Waals surface area contributed by atoms with Gasteiger partial charge in [0.25, 0.3) is 0 Å². The van der Waals surface area contributed by atoms with Crippen molar-refractivity contribution in [3.8, 4) is 0 Å². The van der Waals surface area contributed by atoms with Gasteiger partial charge in [-0.05, 0) is 56.4 Å². The van der Waals surface area contributed by atoms with Gasteiger partial charge in [-0.3, -0.25) is 4.79 Å². The Hall–Kier alpha value is -1.10. The fourth-order valence-electron chi connectivity index (χ4n) is 3.43. The van der Waals surface area contributed by atoms with Gasteiger partial charge in [0.15, 0.2) is 0 Å². The Kier molecular flexibility index (Phi) is 4.37. The normalized spacial score (nSPS) is 32.2. The first-order valence-electron chi connectivity index (χ1n) is 7.66. The van der Waals surface area contributed by atoms with Crippen molar-refractivity contribution in [2.75, 3.05) is 6.54 Å². The van der Waals surface area contributed by atoms with Crippen molar-refractivity contribution in [3.05, 3.63) is 0 Å². The van der Waals surface area contributed by atoms with Gasteiger partial charge >= 0.3 is 5.97 Å². The van der Waals surface area contributed by atoms with Crippen molar-refractivity contribution < 1.29 is 14.7 Å². The highest BCUT2D eigenvalue weighted by Crippen LogP contribution is 2.43. The summed E-state index contributed by atoms with van der Waals surface area (Å²) in [5, 5.41) is 12.3. The molecule has 2 fully saturated rings. The molecule has 0 unspecified atom stereocenters. The quantitative estimate of drug-likeness (QED) is 0.715. The van der Waals surface area contributed by atoms with Gasteiger partial charge in [-0.2, -0.15) is 0 Å². The van der Waals surface area contributed by atoms with Crippen LogP contribution < -0.4 is 11.1 Å². The summed E-state index contributed by atoms with van der Waals surface area (Å²) < 4.78 is 0. The molecule has 0 aromatic rings. The lowest BCUT2D eigenvalue weighted by atomic mass is 9.66. The molecule has 0 bridgehead atoms. The number of rotatable bonds is 5. The van der Waals surface area contributed by atoms with Crippen LogP contribution in [0.3, 0.4) is 0 Å². The van der Waals surface area contributed by atoms with Crippen molar-refractivity contribution in [1.29, 1.82) is 0 Å².